The third kappa shape index (κ3) is 1.91. The Bertz CT molecular complexity index is 478. The summed E-state index contributed by atoms with van der Waals surface area (Å²) >= 11 is 1.42. The van der Waals surface area contributed by atoms with Gasteiger partial charge in [0.05, 0.1) is 5.01 Å². The van der Waals surface area contributed by atoms with Crippen LogP contribution in [0.25, 0.3) is 11.3 Å². The van der Waals surface area contributed by atoms with Gasteiger partial charge in [0.25, 0.3) is 0 Å². The minimum absolute atomic E-state index is 0.560. The molecule has 15 heavy (non-hydrogen) atoms. The number of rotatable bonds is 3. The minimum Gasteiger partial charge on any atom is -0.367 e. The molecule has 76 valence electrons. The Hall–Kier alpha value is -1.64. The number of H-pyrrole nitrogens is 1. The van der Waals surface area contributed by atoms with Gasteiger partial charge in [-0.3, -0.25) is 0 Å². The number of nitrogens with one attached hydrogen (secondary N) is 1. The van der Waals surface area contributed by atoms with Crippen LogP contribution >= 0.6 is 11.3 Å². The summed E-state index contributed by atoms with van der Waals surface area (Å²) in [6, 6.07) is 4.07. The quantitative estimate of drug-likeness (QED) is 0.819. The van der Waals surface area contributed by atoms with E-state index >= 15 is 0 Å². The lowest BCUT2D eigenvalue weighted by Crippen LogP contribution is -2.01. The molecule has 2 aromatic heterocycles. The molecule has 0 atom stereocenters. The molecule has 0 amide bonds. The van der Waals surface area contributed by atoms with Crippen molar-refractivity contribution in [2.45, 2.75) is 6.42 Å². The molecule has 0 aliphatic carbocycles. The monoisotopic (exact) mass is 218 g/mol. The molecular formula is C10H10N4S. The van der Waals surface area contributed by atoms with Crippen molar-refractivity contribution in [3.05, 3.63) is 28.3 Å². The van der Waals surface area contributed by atoms with Crippen LogP contribution in [0.2, 0.25) is 0 Å². The zero-order chi connectivity index (χ0) is 10.7. The molecule has 4 nitrogen and oxygen atoms in total. The topological polar surface area (TPSA) is 78.5 Å². The van der Waals surface area contributed by atoms with Crippen LogP contribution in [0.1, 0.15) is 9.88 Å². The molecule has 2 aromatic rings. The van der Waals surface area contributed by atoms with Gasteiger partial charge in [0.1, 0.15) is 16.6 Å². The second kappa shape index (κ2) is 4.26. The summed E-state index contributed by atoms with van der Waals surface area (Å²) in [6.45, 7) is 0.560. The second-order valence-corrected chi connectivity index (χ2v) is 4.12. The maximum atomic E-state index is 8.98. The zero-order valence-electron chi connectivity index (χ0n) is 8.03. The lowest BCUT2D eigenvalue weighted by atomic mass is 10.2. The highest BCUT2D eigenvalue weighted by molar-refractivity contribution is 7.12. The van der Waals surface area contributed by atoms with E-state index in [1.54, 1.807) is 0 Å². The SMILES string of the molecule is N#Cc1sc(CCN)nc1-c1cc[nH]c1. The van der Waals surface area contributed by atoms with Crippen molar-refractivity contribution in [2.75, 3.05) is 6.54 Å². The lowest BCUT2D eigenvalue weighted by molar-refractivity contribution is 0.954. The van der Waals surface area contributed by atoms with Crippen molar-refractivity contribution < 1.29 is 0 Å². The molecule has 0 unspecified atom stereocenters. The maximum absolute atomic E-state index is 8.98. The molecule has 0 aliphatic rings. The van der Waals surface area contributed by atoms with Crippen molar-refractivity contribution >= 4 is 11.3 Å². The Morgan fingerprint density at radius 2 is 2.47 bits per heavy atom. The van der Waals surface area contributed by atoms with Gasteiger partial charge in [-0.2, -0.15) is 5.26 Å². The summed E-state index contributed by atoms with van der Waals surface area (Å²) in [5, 5.41) is 9.90. The summed E-state index contributed by atoms with van der Waals surface area (Å²) < 4.78 is 0. The minimum atomic E-state index is 0.560. The molecule has 0 saturated carbocycles. The predicted molar refractivity (Wildman–Crippen MR) is 59.4 cm³/mol. The van der Waals surface area contributed by atoms with E-state index in [2.05, 4.69) is 16.0 Å². The van der Waals surface area contributed by atoms with Crippen molar-refractivity contribution in [2.24, 2.45) is 5.73 Å². The summed E-state index contributed by atoms with van der Waals surface area (Å²) in [5.41, 5.74) is 7.16. The van der Waals surface area contributed by atoms with Crippen LogP contribution in [0, 0.1) is 11.3 Å². The van der Waals surface area contributed by atoms with E-state index in [9.17, 15) is 0 Å². The van der Waals surface area contributed by atoms with Crippen LogP contribution in [0.15, 0.2) is 18.5 Å². The zero-order valence-corrected chi connectivity index (χ0v) is 8.84. The molecule has 0 aliphatic heterocycles. The number of nitriles is 1. The molecule has 0 saturated heterocycles. The number of hydrogen-bond donors (Lipinski definition) is 2. The Morgan fingerprint density at radius 3 is 3.07 bits per heavy atom. The number of aromatic amines is 1. The molecular weight excluding hydrogens is 208 g/mol. The van der Waals surface area contributed by atoms with Crippen LogP contribution in [0.3, 0.4) is 0 Å². The Morgan fingerprint density at radius 1 is 1.60 bits per heavy atom. The van der Waals surface area contributed by atoms with Crippen molar-refractivity contribution in [3.8, 4) is 17.3 Å². The predicted octanol–water partition coefficient (Wildman–Crippen LogP) is 1.51. The maximum Gasteiger partial charge on any atom is 0.132 e. The van der Waals surface area contributed by atoms with Gasteiger partial charge in [-0.15, -0.1) is 11.3 Å². The van der Waals surface area contributed by atoms with Gasteiger partial charge < -0.3 is 10.7 Å². The summed E-state index contributed by atoms with van der Waals surface area (Å²) in [4.78, 5) is 8.01. The van der Waals surface area contributed by atoms with Gasteiger partial charge >= 0.3 is 0 Å². The van der Waals surface area contributed by atoms with Gasteiger partial charge in [-0.1, -0.05) is 0 Å². The van der Waals surface area contributed by atoms with Crippen LogP contribution in [-0.4, -0.2) is 16.5 Å². The van der Waals surface area contributed by atoms with E-state index in [1.165, 1.54) is 11.3 Å². The van der Waals surface area contributed by atoms with Crippen LogP contribution < -0.4 is 5.73 Å². The summed E-state index contributed by atoms with van der Waals surface area (Å²) in [5.74, 6) is 0. The summed E-state index contributed by atoms with van der Waals surface area (Å²) in [7, 11) is 0. The van der Waals surface area contributed by atoms with Gasteiger partial charge in [0.2, 0.25) is 0 Å². The first-order chi connectivity index (χ1) is 7.35. The van der Waals surface area contributed by atoms with E-state index < -0.39 is 0 Å². The van der Waals surface area contributed by atoms with Crippen LogP contribution in [0.4, 0.5) is 0 Å². The molecule has 2 heterocycles. The average Bonchev–Trinajstić information content (AvgIpc) is 2.84. The van der Waals surface area contributed by atoms with E-state index in [0.29, 0.717) is 11.4 Å². The van der Waals surface area contributed by atoms with Crippen molar-refractivity contribution in [1.82, 2.24) is 9.97 Å². The van der Waals surface area contributed by atoms with Gasteiger partial charge in [-0.25, -0.2) is 4.98 Å². The third-order valence-corrected chi connectivity index (χ3v) is 3.02. The Labute approximate surface area is 91.4 Å². The standard InChI is InChI=1S/C10H10N4S/c11-3-1-9-14-10(8(5-12)15-9)7-2-4-13-6-7/h2,4,6,13H,1,3,11H2. The highest BCUT2D eigenvalue weighted by Crippen LogP contribution is 2.27. The van der Waals surface area contributed by atoms with Crippen molar-refractivity contribution in [1.29, 1.82) is 5.26 Å². The molecule has 0 bridgehead atoms. The first-order valence-electron chi connectivity index (χ1n) is 4.58. The number of hydrogen-bond acceptors (Lipinski definition) is 4. The van der Waals surface area contributed by atoms with E-state index in [-0.39, 0.29) is 0 Å². The van der Waals surface area contributed by atoms with E-state index in [4.69, 9.17) is 11.0 Å². The smallest absolute Gasteiger partial charge is 0.132 e. The fourth-order valence-corrected chi connectivity index (χ4v) is 2.24. The van der Waals surface area contributed by atoms with Crippen molar-refractivity contribution in [3.63, 3.8) is 0 Å². The molecule has 3 N–H and O–H groups in total. The van der Waals surface area contributed by atoms with Gasteiger partial charge in [-0.05, 0) is 12.6 Å². The normalized spacial score (nSPS) is 10.1. The number of aromatic nitrogens is 2. The molecule has 0 radical (unpaired) electrons. The first kappa shape index (κ1) is 9.90. The molecule has 0 aromatic carbocycles. The Balaban J connectivity index is 2.43. The molecule has 0 spiro atoms. The molecule has 2 rings (SSSR count). The second-order valence-electron chi connectivity index (χ2n) is 3.04. The fourth-order valence-electron chi connectivity index (χ4n) is 1.34. The van der Waals surface area contributed by atoms with E-state index in [0.717, 1.165) is 22.7 Å². The lowest BCUT2D eigenvalue weighted by Gasteiger charge is -1.90. The molecule has 5 heteroatoms. The summed E-state index contributed by atoms with van der Waals surface area (Å²) in [6.07, 6.45) is 4.38. The first-order valence-corrected chi connectivity index (χ1v) is 5.40. The highest BCUT2D eigenvalue weighted by atomic mass is 32.1. The van der Waals surface area contributed by atoms with E-state index in [1.807, 2.05) is 18.5 Å². The number of nitrogens with zero attached hydrogens (tertiary/aromatic N) is 2. The number of nitrogens with two attached hydrogens (primary N) is 1. The Kier molecular flexibility index (Phi) is 2.81. The van der Waals surface area contributed by atoms with Gasteiger partial charge in [0, 0.05) is 24.4 Å². The average molecular weight is 218 g/mol. The van der Waals surface area contributed by atoms with Crippen LogP contribution in [-0.2, 0) is 6.42 Å². The highest BCUT2D eigenvalue weighted by Gasteiger charge is 2.12. The molecule has 0 fully saturated rings. The fraction of sp³-hybridized carbons (Fsp3) is 0.200. The number of thiazole rings is 1. The van der Waals surface area contributed by atoms with Gasteiger partial charge in [0.15, 0.2) is 0 Å². The third-order valence-electron chi connectivity index (χ3n) is 2.00. The van der Waals surface area contributed by atoms with Crippen LogP contribution in [0.5, 0.6) is 0 Å². The largest absolute Gasteiger partial charge is 0.367 e.